The number of hydrogen-bond acceptors (Lipinski definition) is 3. The van der Waals surface area contributed by atoms with Crippen LogP contribution in [0.15, 0.2) is 58.2 Å². The molecule has 0 saturated carbocycles. The number of benzene rings is 1. The Morgan fingerprint density at radius 2 is 1.86 bits per heavy atom. The number of aromatic nitrogens is 1. The van der Waals surface area contributed by atoms with E-state index < -0.39 is 10.0 Å². The summed E-state index contributed by atoms with van der Waals surface area (Å²) in [5.74, 6) is 0. The molecule has 6 heteroatoms. The second-order valence-electron chi connectivity index (χ2n) is 4.98. The van der Waals surface area contributed by atoms with Gasteiger partial charge in [0.2, 0.25) is 10.0 Å². The Morgan fingerprint density at radius 1 is 1.14 bits per heavy atom. The van der Waals surface area contributed by atoms with Crippen LogP contribution in [0.1, 0.15) is 24.4 Å². The van der Waals surface area contributed by atoms with E-state index in [9.17, 15) is 8.42 Å². The number of halogens is 1. The van der Waals surface area contributed by atoms with Gasteiger partial charge in [0.05, 0.1) is 10.9 Å². The Bertz CT molecular complexity index is 734. The first-order chi connectivity index (χ1) is 10.1. The maximum atomic E-state index is 12.9. The van der Waals surface area contributed by atoms with Crippen molar-refractivity contribution in [3.63, 3.8) is 0 Å². The van der Waals surface area contributed by atoms with Gasteiger partial charge in [-0.25, -0.2) is 8.42 Å². The second-order valence-corrected chi connectivity index (χ2v) is 7.70. The first kappa shape index (κ1) is 14.7. The van der Waals surface area contributed by atoms with Gasteiger partial charge in [-0.1, -0.05) is 12.1 Å². The van der Waals surface area contributed by atoms with E-state index in [1.807, 2.05) is 18.2 Å². The van der Waals surface area contributed by atoms with E-state index in [2.05, 4.69) is 20.9 Å². The lowest BCUT2D eigenvalue weighted by molar-refractivity contribution is 0.396. The van der Waals surface area contributed by atoms with Gasteiger partial charge in [-0.2, -0.15) is 4.31 Å². The topological polar surface area (TPSA) is 50.3 Å². The number of rotatable bonds is 3. The van der Waals surface area contributed by atoms with E-state index >= 15 is 0 Å². The molecule has 0 N–H and O–H groups in total. The SMILES string of the molecule is O=S(=O)(c1ccccc1Br)N1CCCC1c1ccncc1. The molecule has 2 heterocycles. The lowest BCUT2D eigenvalue weighted by Crippen LogP contribution is -2.30. The van der Waals surface area contributed by atoms with Crippen LogP contribution in [0.4, 0.5) is 0 Å². The summed E-state index contributed by atoms with van der Waals surface area (Å²) in [6.45, 7) is 0.552. The molecule has 0 amide bonds. The van der Waals surface area contributed by atoms with Gasteiger partial charge in [0.15, 0.2) is 0 Å². The van der Waals surface area contributed by atoms with Crippen LogP contribution < -0.4 is 0 Å². The van der Waals surface area contributed by atoms with Crippen molar-refractivity contribution in [3.8, 4) is 0 Å². The minimum absolute atomic E-state index is 0.106. The molecule has 21 heavy (non-hydrogen) atoms. The van der Waals surface area contributed by atoms with Crippen LogP contribution in [0.3, 0.4) is 0 Å². The number of nitrogens with zero attached hydrogens (tertiary/aromatic N) is 2. The van der Waals surface area contributed by atoms with Crippen molar-refractivity contribution in [2.24, 2.45) is 0 Å². The molecule has 2 aromatic rings. The highest BCUT2D eigenvalue weighted by Crippen LogP contribution is 2.37. The molecule has 1 saturated heterocycles. The van der Waals surface area contributed by atoms with Crippen LogP contribution in [0.5, 0.6) is 0 Å². The van der Waals surface area contributed by atoms with Crippen LogP contribution in [0.2, 0.25) is 0 Å². The Balaban J connectivity index is 2.01. The highest BCUT2D eigenvalue weighted by atomic mass is 79.9. The Labute approximate surface area is 133 Å². The van der Waals surface area contributed by atoms with Gasteiger partial charge in [-0.15, -0.1) is 0 Å². The summed E-state index contributed by atoms with van der Waals surface area (Å²) >= 11 is 3.34. The molecule has 110 valence electrons. The quantitative estimate of drug-likeness (QED) is 0.836. The molecule has 1 aromatic carbocycles. The predicted octanol–water partition coefficient (Wildman–Crippen LogP) is 3.37. The van der Waals surface area contributed by atoms with Crippen LogP contribution in [0, 0.1) is 0 Å². The molecule has 1 aromatic heterocycles. The summed E-state index contributed by atoms with van der Waals surface area (Å²) in [4.78, 5) is 4.33. The van der Waals surface area contributed by atoms with E-state index in [1.165, 1.54) is 0 Å². The zero-order valence-corrected chi connectivity index (χ0v) is 13.7. The molecule has 1 fully saturated rings. The van der Waals surface area contributed by atoms with Gasteiger partial charge in [0.1, 0.15) is 0 Å². The van der Waals surface area contributed by atoms with Gasteiger partial charge < -0.3 is 0 Å². The molecule has 1 aliphatic heterocycles. The normalized spacial score (nSPS) is 19.8. The van der Waals surface area contributed by atoms with E-state index in [0.29, 0.717) is 15.9 Å². The fourth-order valence-corrected chi connectivity index (χ4v) is 5.37. The van der Waals surface area contributed by atoms with Crippen molar-refractivity contribution in [1.29, 1.82) is 0 Å². The summed E-state index contributed by atoms with van der Waals surface area (Å²) in [5, 5.41) is 0. The molecule has 3 rings (SSSR count). The van der Waals surface area contributed by atoms with Crippen molar-refractivity contribution in [1.82, 2.24) is 9.29 Å². The zero-order valence-electron chi connectivity index (χ0n) is 11.3. The maximum absolute atomic E-state index is 12.9. The molecule has 1 atom stereocenters. The van der Waals surface area contributed by atoms with Crippen molar-refractivity contribution in [3.05, 3.63) is 58.8 Å². The molecule has 1 aliphatic rings. The van der Waals surface area contributed by atoms with E-state index in [4.69, 9.17) is 0 Å². The summed E-state index contributed by atoms with van der Waals surface area (Å²) in [7, 11) is -3.50. The van der Waals surface area contributed by atoms with Crippen LogP contribution in [-0.2, 0) is 10.0 Å². The van der Waals surface area contributed by atoms with Gasteiger partial charge in [-0.3, -0.25) is 4.98 Å². The summed E-state index contributed by atoms with van der Waals surface area (Å²) in [5.41, 5.74) is 0.998. The molecule has 0 spiro atoms. The predicted molar refractivity (Wildman–Crippen MR) is 84.2 cm³/mol. The zero-order chi connectivity index (χ0) is 14.9. The summed E-state index contributed by atoms with van der Waals surface area (Å²) < 4.78 is 28.0. The monoisotopic (exact) mass is 366 g/mol. The molecule has 1 unspecified atom stereocenters. The Morgan fingerprint density at radius 3 is 2.57 bits per heavy atom. The van der Waals surface area contributed by atoms with E-state index in [-0.39, 0.29) is 6.04 Å². The minimum Gasteiger partial charge on any atom is -0.265 e. The molecule has 4 nitrogen and oxygen atoms in total. The van der Waals surface area contributed by atoms with E-state index in [0.717, 1.165) is 18.4 Å². The smallest absolute Gasteiger partial charge is 0.244 e. The minimum atomic E-state index is -3.50. The van der Waals surface area contributed by atoms with Crippen molar-refractivity contribution >= 4 is 26.0 Å². The second kappa shape index (κ2) is 5.87. The Kier molecular flexibility index (Phi) is 4.10. The average molecular weight is 367 g/mol. The Hall–Kier alpha value is -1.24. The third-order valence-corrected chi connectivity index (χ3v) is 6.64. The molecule has 0 radical (unpaired) electrons. The fourth-order valence-electron chi connectivity index (χ4n) is 2.73. The van der Waals surface area contributed by atoms with Crippen LogP contribution in [-0.4, -0.2) is 24.3 Å². The fraction of sp³-hybridized carbons (Fsp3) is 0.267. The highest BCUT2D eigenvalue weighted by Gasteiger charge is 2.36. The number of sulfonamides is 1. The highest BCUT2D eigenvalue weighted by molar-refractivity contribution is 9.10. The third-order valence-electron chi connectivity index (χ3n) is 3.72. The first-order valence-corrected chi connectivity index (χ1v) is 9.00. The average Bonchev–Trinajstić information content (AvgIpc) is 2.99. The standard InChI is InChI=1S/C15H15BrN2O2S/c16-13-4-1-2-6-15(13)21(19,20)18-11-3-5-14(18)12-7-9-17-10-8-12/h1-2,4,6-10,14H,3,5,11H2. The van der Waals surface area contributed by atoms with Gasteiger partial charge >= 0.3 is 0 Å². The van der Waals surface area contributed by atoms with Crippen molar-refractivity contribution in [2.75, 3.05) is 6.54 Å². The third kappa shape index (κ3) is 2.75. The van der Waals surface area contributed by atoms with Gasteiger partial charge in [-0.05, 0) is 58.6 Å². The molecular weight excluding hydrogens is 352 g/mol. The molecule has 0 bridgehead atoms. The molecular formula is C15H15BrN2O2S. The lowest BCUT2D eigenvalue weighted by atomic mass is 10.1. The van der Waals surface area contributed by atoms with Crippen LogP contribution >= 0.6 is 15.9 Å². The van der Waals surface area contributed by atoms with Gasteiger partial charge in [0, 0.05) is 23.4 Å². The summed E-state index contributed by atoms with van der Waals surface area (Å²) in [6, 6.07) is 10.6. The first-order valence-electron chi connectivity index (χ1n) is 6.77. The summed E-state index contributed by atoms with van der Waals surface area (Å²) in [6.07, 6.45) is 5.12. The van der Waals surface area contributed by atoms with E-state index in [1.54, 1.807) is 34.9 Å². The van der Waals surface area contributed by atoms with Crippen molar-refractivity contribution in [2.45, 2.75) is 23.8 Å². The number of pyridine rings is 1. The maximum Gasteiger partial charge on any atom is 0.244 e. The van der Waals surface area contributed by atoms with Crippen molar-refractivity contribution < 1.29 is 8.42 Å². The lowest BCUT2D eigenvalue weighted by Gasteiger charge is -2.24. The van der Waals surface area contributed by atoms with Crippen LogP contribution in [0.25, 0.3) is 0 Å². The largest absolute Gasteiger partial charge is 0.265 e. The number of hydrogen-bond donors (Lipinski definition) is 0. The van der Waals surface area contributed by atoms with Gasteiger partial charge in [0.25, 0.3) is 0 Å². The molecule has 0 aliphatic carbocycles.